The molecule has 0 aliphatic carbocycles. The van der Waals surface area contributed by atoms with E-state index in [9.17, 15) is 10.4 Å². The molecule has 9 heteroatoms. The van der Waals surface area contributed by atoms with Crippen LogP contribution in [-0.4, -0.2) is 59.5 Å². The Hall–Kier alpha value is -2.86. The van der Waals surface area contributed by atoms with Crippen LogP contribution >= 0.6 is 23.2 Å². The molecule has 0 radical (unpaired) electrons. The van der Waals surface area contributed by atoms with Crippen molar-refractivity contribution in [2.24, 2.45) is 0 Å². The Morgan fingerprint density at radius 1 is 1.11 bits per heavy atom. The molecule has 2 atom stereocenters. The molecule has 7 nitrogen and oxygen atoms in total. The van der Waals surface area contributed by atoms with E-state index in [2.05, 4.69) is 20.9 Å². The van der Waals surface area contributed by atoms with Gasteiger partial charge < -0.3 is 19.8 Å². The standard InChI is InChI=1S/C27H28Cl2N4O3/c1-27(35,26-9-6-22(29)16-31-26)18-32-10-11-33(25(17-32)19-2-4-21(28)5-3-19)24-8-7-23(36-13-12-34)14-20(24)15-30/h2-9,14,16,25,34-35H,10-13,17-18H2,1H3/t25-,27+/m0/s1. The maximum atomic E-state index is 11.2. The van der Waals surface area contributed by atoms with Crippen LogP contribution in [0.3, 0.4) is 0 Å². The molecule has 2 heterocycles. The van der Waals surface area contributed by atoms with Gasteiger partial charge in [0.25, 0.3) is 0 Å². The van der Waals surface area contributed by atoms with Crippen LogP contribution < -0.4 is 9.64 Å². The fourth-order valence-electron chi connectivity index (χ4n) is 4.56. The monoisotopic (exact) mass is 526 g/mol. The number of β-amino-alcohol motifs (C(OH)–C–C–N with tert-alkyl or cyclic N) is 1. The number of anilines is 1. The molecule has 1 aromatic heterocycles. The molecule has 0 amide bonds. The molecule has 0 bridgehead atoms. The topological polar surface area (TPSA) is 92.9 Å². The van der Waals surface area contributed by atoms with Crippen molar-refractivity contribution in [2.75, 3.05) is 44.3 Å². The third-order valence-electron chi connectivity index (χ3n) is 6.29. The Balaban J connectivity index is 1.62. The fourth-order valence-corrected chi connectivity index (χ4v) is 4.80. The lowest BCUT2D eigenvalue weighted by Crippen LogP contribution is -2.52. The van der Waals surface area contributed by atoms with Crippen LogP contribution in [0.5, 0.6) is 5.75 Å². The van der Waals surface area contributed by atoms with Crippen molar-refractivity contribution in [3.8, 4) is 11.8 Å². The quantitative estimate of drug-likeness (QED) is 0.449. The first-order chi connectivity index (χ1) is 17.3. The molecule has 0 unspecified atom stereocenters. The van der Waals surface area contributed by atoms with Gasteiger partial charge in [-0.2, -0.15) is 5.26 Å². The average molecular weight is 527 g/mol. The third-order valence-corrected chi connectivity index (χ3v) is 6.76. The van der Waals surface area contributed by atoms with Gasteiger partial charge in [-0.05, 0) is 55.0 Å². The van der Waals surface area contributed by atoms with Crippen LogP contribution in [0.25, 0.3) is 0 Å². The van der Waals surface area contributed by atoms with E-state index in [0.29, 0.717) is 53.2 Å². The highest BCUT2D eigenvalue weighted by molar-refractivity contribution is 6.30. The molecule has 2 N–H and O–H groups in total. The fraction of sp³-hybridized carbons (Fsp3) is 0.333. The maximum Gasteiger partial charge on any atom is 0.120 e. The lowest BCUT2D eigenvalue weighted by Gasteiger charge is -2.45. The number of aliphatic hydroxyl groups is 2. The number of nitriles is 1. The number of rotatable bonds is 8. The largest absolute Gasteiger partial charge is 0.491 e. The zero-order valence-electron chi connectivity index (χ0n) is 19.9. The summed E-state index contributed by atoms with van der Waals surface area (Å²) in [7, 11) is 0. The summed E-state index contributed by atoms with van der Waals surface area (Å²) in [5.41, 5.74) is 1.75. The Morgan fingerprint density at radius 2 is 1.86 bits per heavy atom. The van der Waals surface area contributed by atoms with Gasteiger partial charge in [-0.1, -0.05) is 35.3 Å². The molecule has 3 aromatic rings. The normalized spacial score (nSPS) is 17.9. The molecular formula is C27H28Cl2N4O3. The van der Waals surface area contributed by atoms with Gasteiger partial charge in [-0.3, -0.25) is 9.88 Å². The third kappa shape index (κ3) is 6.09. The number of aromatic nitrogens is 1. The van der Waals surface area contributed by atoms with E-state index in [-0.39, 0.29) is 19.3 Å². The number of ether oxygens (including phenoxy) is 1. The number of piperazine rings is 1. The Morgan fingerprint density at radius 3 is 2.53 bits per heavy atom. The van der Waals surface area contributed by atoms with E-state index in [1.54, 1.807) is 25.1 Å². The van der Waals surface area contributed by atoms with Gasteiger partial charge in [0, 0.05) is 37.4 Å². The minimum absolute atomic E-state index is 0.0821. The summed E-state index contributed by atoms with van der Waals surface area (Å²) >= 11 is 12.1. The van der Waals surface area contributed by atoms with Crippen LogP contribution in [0.1, 0.15) is 29.8 Å². The first-order valence-electron chi connectivity index (χ1n) is 11.7. The van der Waals surface area contributed by atoms with E-state index in [0.717, 1.165) is 11.3 Å². The molecular weight excluding hydrogens is 499 g/mol. The molecule has 36 heavy (non-hydrogen) atoms. The predicted octanol–water partition coefficient (Wildman–Crippen LogP) is 4.40. The molecule has 2 aromatic carbocycles. The van der Waals surface area contributed by atoms with Gasteiger partial charge in [0.05, 0.1) is 34.6 Å². The Bertz CT molecular complexity index is 1210. The number of halogens is 2. The molecule has 1 saturated heterocycles. The SMILES string of the molecule is C[C@@](O)(CN1CCN(c2ccc(OCCO)cc2C#N)[C@H](c2ccc(Cl)cc2)C1)c1ccc(Cl)cn1. The summed E-state index contributed by atoms with van der Waals surface area (Å²) in [4.78, 5) is 8.74. The van der Waals surface area contributed by atoms with Gasteiger partial charge in [-0.15, -0.1) is 0 Å². The van der Waals surface area contributed by atoms with Gasteiger partial charge in [0.2, 0.25) is 0 Å². The summed E-state index contributed by atoms with van der Waals surface area (Å²) in [5.74, 6) is 0.539. The zero-order valence-corrected chi connectivity index (χ0v) is 21.5. The van der Waals surface area contributed by atoms with Gasteiger partial charge >= 0.3 is 0 Å². The number of benzene rings is 2. The first kappa shape index (κ1) is 26.2. The molecule has 0 saturated carbocycles. The summed E-state index contributed by atoms with van der Waals surface area (Å²) < 4.78 is 5.50. The van der Waals surface area contributed by atoms with Crippen molar-refractivity contribution in [1.82, 2.24) is 9.88 Å². The maximum absolute atomic E-state index is 11.2. The highest BCUT2D eigenvalue weighted by atomic mass is 35.5. The Kier molecular flexibility index (Phi) is 8.35. The lowest BCUT2D eigenvalue weighted by molar-refractivity contribution is 0.00678. The molecule has 0 spiro atoms. The number of hydrogen-bond donors (Lipinski definition) is 2. The van der Waals surface area contributed by atoms with Crippen LogP contribution in [0, 0.1) is 11.3 Å². The summed E-state index contributed by atoms with van der Waals surface area (Å²) in [6, 6.07) is 18.8. The summed E-state index contributed by atoms with van der Waals surface area (Å²) in [6.07, 6.45) is 1.54. The number of aliphatic hydroxyl groups excluding tert-OH is 1. The van der Waals surface area contributed by atoms with E-state index in [1.165, 1.54) is 6.20 Å². The minimum Gasteiger partial charge on any atom is -0.491 e. The van der Waals surface area contributed by atoms with E-state index >= 15 is 0 Å². The van der Waals surface area contributed by atoms with E-state index < -0.39 is 5.60 Å². The average Bonchev–Trinajstić information content (AvgIpc) is 2.88. The predicted molar refractivity (Wildman–Crippen MR) is 141 cm³/mol. The van der Waals surface area contributed by atoms with Gasteiger partial charge in [0.1, 0.15) is 24.0 Å². The second-order valence-corrected chi connectivity index (χ2v) is 9.87. The summed E-state index contributed by atoms with van der Waals surface area (Å²) in [6.45, 7) is 4.16. The van der Waals surface area contributed by atoms with Crippen molar-refractivity contribution >= 4 is 28.9 Å². The highest BCUT2D eigenvalue weighted by Crippen LogP contribution is 2.36. The van der Waals surface area contributed by atoms with Crippen LogP contribution in [0.2, 0.25) is 10.0 Å². The lowest BCUT2D eigenvalue weighted by atomic mass is 9.96. The summed E-state index contributed by atoms with van der Waals surface area (Å²) in [5, 5.41) is 31.3. The van der Waals surface area contributed by atoms with Crippen molar-refractivity contribution in [3.05, 3.63) is 87.7 Å². The van der Waals surface area contributed by atoms with Gasteiger partial charge in [0.15, 0.2) is 0 Å². The second kappa shape index (κ2) is 11.5. The second-order valence-electron chi connectivity index (χ2n) is 8.99. The molecule has 1 fully saturated rings. The van der Waals surface area contributed by atoms with Gasteiger partial charge in [-0.25, -0.2) is 0 Å². The minimum atomic E-state index is -1.17. The van der Waals surface area contributed by atoms with E-state index in [4.69, 9.17) is 33.0 Å². The highest BCUT2D eigenvalue weighted by Gasteiger charge is 2.34. The number of pyridine rings is 1. The number of hydrogen-bond acceptors (Lipinski definition) is 7. The first-order valence-corrected chi connectivity index (χ1v) is 12.4. The molecule has 4 rings (SSSR count). The van der Waals surface area contributed by atoms with Crippen molar-refractivity contribution in [1.29, 1.82) is 5.26 Å². The van der Waals surface area contributed by atoms with Crippen molar-refractivity contribution in [3.63, 3.8) is 0 Å². The zero-order chi connectivity index (χ0) is 25.7. The van der Waals surface area contributed by atoms with Crippen LogP contribution in [0.15, 0.2) is 60.8 Å². The number of nitrogens with zero attached hydrogens (tertiary/aromatic N) is 4. The van der Waals surface area contributed by atoms with E-state index in [1.807, 2.05) is 36.4 Å². The van der Waals surface area contributed by atoms with Crippen LogP contribution in [-0.2, 0) is 5.60 Å². The molecule has 188 valence electrons. The van der Waals surface area contributed by atoms with Crippen molar-refractivity contribution < 1.29 is 14.9 Å². The van der Waals surface area contributed by atoms with Crippen LogP contribution in [0.4, 0.5) is 5.69 Å². The molecule has 1 aliphatic rings. The molecule has 1 aliphatic heterocycles. The van der Waals surface area contributed by atoms with Crippen molar-refractivity contribution in [2.45, 2.75) is 18.6 Å². The smallest absolute Gasteiger partial charge is 0.120 e. The Labute approximate surface area is 221 Å².